The van der Waals surface area contributed by atoms with Gasteiger partial charge in [-0.3, -0.25) is 4.98 Å². The summed E-state index contributed by atoms with van der Waals surface area (Å²) in [5.74, 6) is 0.847. The first kappa shape index (κ1) is 10.7. The molecule has 1 aromatic heterocycles. The minimum atomic E-state index is -0.384. The van der Waals surface area contributed by atoms with E-state index in [9.17, 15) is 0 Å². The second kappa shape index (κ2) is 4.23. The first-order valence-electron chi connectivity index (χ1n) is 4.29. The summed E-state index contributed by atoms with van der Waals surface area (Å²) in [4.78, 5) is 7.93. The van der Waals surface area contributed by atoms with Gasteiger partial charge in [0.15, 0.2) is 0 Å². The van der Waals surface area contributed by atoms with E-state index < -0.39 is 0 Å². The summed E-state index contributed by atoms with van der Waals surface area (Å²) in [5.41, 5.74) is 5.37. The summed E-state index contributed by atoms with van der Waals surface area (Å²) >= 11 is 0. The minimum Gasteiger partial charge on any atom is -0.480 e. The summed E-state index contributed by atoms with van der Waals surface area (Å²) < 4.78 is 10.2. The SMILES string of the molecule is COc1cncc(OCC(C)(C)N)n1. The van der Waals surface area contributed by atoms with Crippen molar-refractivity contribution in [1.82, 2.24) is 9.97 Å². The van der Waals surface area contributed by atoms with Gasteiger partial charge in [0.05, 0.1) is 19.5 Å². The average molecular weight is 197 g/mol. The molecule has 0 spiro atoms. The van der Waals surface area contributed by atoms with Crippen LogP contribution < -0.4 is 15.2 Å². The molecule has 0 fully saturated rings. The van der Waals surface area contributed by atoms with E-state index in [0.717, 1.165) is 0 Å². The molecule has 78 valence electrons. The lowest BCUT2D eigenvalue weighted by atomic mass is 10.1. The fraction of sp³-hybridized carbons (Fsp3) is 0.556. The summed E-state index contributed by atoms with van der Waals surface area (Å²) in [7, 11) is 1.53. The van der Waals surface area contributed by atoms with Crippen molar-refractivity contribution in [2.24, 2.45) is 5.73 Å². The van der Waals surface area contributed by atoms with E-state index >= 15 is 0 Å². The summed E-state index contributed by atoms with van der Waals surface area (Å²) in [6, 6.07) is 0. The maximum absolute atomic E-state index is 5.75. The van der Waals surface area contributed by atoms with Crippen molar-refractivity contribution in [1.29, 1.82) is 0 Å². The number of ether oxygens (including phenoxy) is 2. The third-order valence-electron chi connectivity index (χ3n) is 1.39. The fourth-order valence-electron chi connectivity index (χ4n) is 0.759. The largest absolute Gasteiger partial charge is 0.480 e. The van der Waals surface area contributed by atoms with Crippen LogP contribution in [0.25, 0.3) is 0 Å². The van der Waals surface area contributed by atoms with Crippen molar-refractivity contribution >= 4 is 0 Å². The second-order valence-corrected chi connectivity index (χ2v) is 3.68. The highest BCUT2D eigenvalue weighted by molar-refractivity contribution is 5.12. The maximum Gasteiger partial charge on any atom is 0.235 e. The number of nitrogens with two attached hydrogens (primary N) is 1. The lowest BCUT2D eigenvalue weighted by Gasteiger charge is -2.18. The van der Waals surface area contributed by atoms with Gasteiger partial charge < -0.3 is 15.2 Å². The smallest absolute Gasteiger partial charge is 0.235 e. The van der Waals surface area contributed by atoms with Gasteiger partial charge in [0.1, 0.15) is 6.61 Å². The predicted octanol–water partition coefficient (Wildman–Crippen LogP) is 0.601. The zero-order valence-electron chi connectivity index (χ0n) is 8.65. The molecular formula is C9H15N3O2. The number of hydrogen-bond acceptors (Lipinski definition) is 5. The Balaban J connectivity index is 2.59. The molecule has 0 radical (unpaired) electrons. The van der Waals surface area contributed by atoms with Crippen molar-refractivity contribution in [2.45, 2.75) is 19.4 Å². The van der Waals surface area contributed by atoms with Gasteiger partial charge in [0.2, 0.25) is 11.8 Å². The van der Waals surface area contributed by atoms with Crippen LogP contribution in [0.1, 0.15) is 13.8 Å². The van der Waals surface area contributed by atoms with Crippen LogP contribution in [0.2, 0.25) is 0 Å². The molecule has 0 unspecified atom stereocenters. The minimum absolute atomic E-state index is 0.384. The third kappa shape index (κ3) is 3.57. The molecule has 5 heteroatoms. The molecule has 14 heavy (non-hydrogen) atoms. The van der Waals surface area contributed by atoms with Crippen LogP contribution in [0.15, 0.2) is 12.4 Å². The lowest BCUT2D eigenvalue weighted by Crippen LogP contribution is -2.38. The molecule has 0 aliphatic heterocycles. The van der Waals surface area contributed by atoms with Crippen molar-refractivity contribution in [3.63, 3.8) is 0 Å². The Morgan fingerprint density at radius 3 is 2.57 bits per heavy atom. The van der Waals surface area contributed by atoms with Crippen LogP contribution >= 0.6 is 0 Å². The van der Waals surface area contributed by atoms with E-state index in [1.807, 2.05) is 13.8 Å². The highest BCUT2D eigenvalue weighted by Crippen LogP contribution is 2.11. The van der Waals surface area contributed by atoms with E-state index in [2.05, 4.69) is 9.97 Å². The topological polar surface area (TPSA) is 70.3 Å². The molecule has 1 rings (SSSR count). The lowest BCUT2D eigenvalue weighted by molar-refractivity contribution is 0.231. The first-order valence-corrected chi connectivity index (χ1v) is 4.29. The van der Waals surface area contributed by atoms with E-state index in [-0.39, 0.29) is 5.54 Å². The predicted molar refractivity (Wildman–Crippen MR) is 52.3 cm³/mol. The van der Waals surface area contributed by atoms with Crippen molar-refractivity contribution in [2.75, 3.05) is 13.7 Å². The Kier molecular flexibility index (Phi) is 3.24. The van der Waals surface area contributed by atoms with Crippen LogP contribution in [0.4, 0.5) is 0 Å². The zero-order chi connectivity index (χ0) is 10.6. The Labute approximate surface area is 83.3 Å². The van der Waals surface area contributed by atoms with E-state index in [4.69, 9.17) is 15.2 Å². The van der Waals surface area contributed by atoms with Crippen LogP contribution in [-0.4, -0.2) is 29.2 Å². The standard InChI is InChI=1S/C9H15N3O2/c1-9(2,10)6-14-8-5-11-4-7(12-8)13-3/h4-5H,6,10H2,1-3H3. The second-order valence-electron chi connectivity index (χ2n) is 3.68. The molecule has 1 heterocycles. The molecule has 0 amide bonds. The van der Waals surface area contributed by atoms with E-state index in [1.54, 1.807) is 0 Å². The third-order valence-corrected chi connectivity index (χ3v) is 1.39. The van der Waals surface area contributed by atoms with Crippen LogP contribution in [0.3, 0.4) is 0 Å². The Morgan fingerprint density at radius 1 is 1.36 bits per heavy atom. The molecule has 0 bridgehead atoms. The first-order chi connectivity index (χ1) is 6.51. The van der Waals surface area contributed by atoms with E-state index in [0.29, 0.717) is 18.4 Å². The van der Waals surface area contributed by atoms with E-state index in [1.165, 1.54) is 19.5 Å². The molecule has 0 saturated carbocycles. The van der Waals surface area contributed by atoms with Gasteiger partial charge in [0.25, 0.3) is 0 Å². The number of aromatic nitrogens is 2. The van der Waals surface area contributed by atoms with Crippen molar-refractivity contribution in [3.05, 3.63) is 12.4 Å². The number of methoxy groups -OCH3 is 1. The number of hydrogen-bond donors (Lipinski definition) is 1. The van der Waals surface area contributed by atoms with Crippen LogP contribution in [0.5, 0.6) is 11.8 Å². The van der Waals surface area contributed by atoms with Gasteiger partial charge >= 0.3 is 0 Å². The summed E-state index contributed by atoms with van der Waals surface area (Å²) in [5, 5.41) is 0. The maximum atomic E-state index is 5.75. The monoisotopic (exact) mass is 197 g/mol. The quantitative estimate of drug-likeness (QED) is 0.765. The summed E-state index contributed by atoms with van der Waals surface area (Å²) in [6.45, 7) is 4.13. The van der Waals surface area contributed by atoms with Gasteiger partial charge in [-0.2, -0.15) is 4.98 Å². The van der Waals surface area contributed by atoms with Gasteiger partial charge in [-0.1, -0.05) is 0 Å². The molecule has 0 aliphatic carbocycles. The van der Waals surface area contributed by atoms with Gasteiger partial charge in [0, 0.05) is 5.54 Å². The molecule has 1 aromatic rings. The Morgan fingerprint density at radius 2 is 2.00 bits per heavy atom. The van der Waals surface area contributed by atoms with Gasteiger partial charge in [-0.25, -0.2) is 0 Å². The van der Waals surface area contributed by atoms with Crippen molar-refractivity contribution in [3.8, 4) is 11.8 Å². The molecule has 0 saturated heterocycles. The molecule has 0 aromatic carbocycles. The number of rotatable bonds is 4. The Bertz CT molecular complexity index is 296. The van der Waals surface area contributed by atoms with Crippen molar-refractivity contribution < 1.29 is 9.47 Å². The highest BCUT2D eigenvalue weighted by atomic mass is 16.5. The molecule has 2 N–H and O–H groups in total. The average Bonchev–Trinajstić information content (AvgIpc) is 2.14. The number of nitrogens with zero attached hydrogens (tertiary/aromatic N) is 2. The highest BCUT2D eigenvalue weighted by Gasteiger charge is 2.12. The zero-order valence-corrected chi connectivity index (χ0v) is 8.65. The molecular weight excluding hydrogens is 182 g/mol. The molecule has 0 aliphatic rings. The molecule has 0 atom stereocenters. The van der Waals surface area contributed by atoms with Crippen LogP contribution in [0, 0.1) is 0 Å². The van der Waals surface area contributed by atoms with Gasteiger partial charge in [-0.15, -0.1) is 0 Å². The molecule has 5 nitrogen and oxygen atoms in total. The Hall–Kier alpha value is -1.36. The normalized spacial score (nSPS) is 11.1. The van der Waals surface area contributed by atoms with Crippen LogP contribution in [-0.2, 0) is 0 Å². The summed E-state index contributed by atoms with van der Waals surface area (Å²) in [6.07, 6.45) is 3.04. The fourth-order valence-corrected chi connectivity index (χ4v) is 0.759. The van der Waals surface area contributed by atoms with Gasteiger partial charge in [-0.05, 0) is 13.8 Å².